The lowest BCUT2D eigenvalue weighted by Gasteiger charge is -2.07. The molecule has 0 aliphatic carbocycles. The Hall–Kier alpha value is -3.41. The maximum absolute atomic E-state index is 12.1. The summed E-state index contributed by atoms with van der Waals surface area (Å²) in [5, 5.41) is 0. The third-order valence-electron chi connectivity index (χ3n) is 4.52. The minimum atomic E-state index is -0.416. The number of hydrogen-bond donors (Lipinski definition) is 0. The van der Waals surface area contributed by atoms with E-state index in [1.807, 2.05) is 31.2 Å². The Bertz CT molecular complexity index is 1030. The van der Waals surface area contributed by atoms with Crippen molar-refractivity contribution >= 4 is 28.6 Å². The van der Waals surface area contributed by atoms with Crippen LogP contribution in [-0.2, 0) is 25.5 Å². The van der Waals surface area contributed by atoms with E-state index in [1.165, 1.54) is 7.11 Å². The molecule has 0 aliphatic heterocycles. The van der Waals surface area contributed by atoms with Crippen molar-refractivity contribution in [3.8, 4) is 11.5 Å². The van der Waals surface area contributed by atoms with Crippen LogP contribution in [0.1, 0.15) is 30.9 Å². The molecule has 2 aromatic carbocycles. The van der Waals surface area contributed by atoms with Gasteiger partial charge in [0.2, 0.25) is 5.89 Å². The van der Waals surface area contributed by atoms with Crippen molar-refractivity contribution in [2.45, 2.75) is 26.2 Å². The molecule has 6 nitrogen and oxygen atoms in total. The van der Waals surface area contributed by atoms with E-state index in [0.29, 0.717) is 34.7 Å². The van der Waals surface area contributed by atoms with Crippen molar-refractivity contribution in [3.63, 3.8) is 0 Å². The Balaban J connectivity index is 1.80. The summed E-state index contributed by atoms with van der Waals surface area (Å²) >= 11 is 0. The summed E-state index contributed by atoms with van der Waals surface area (Å²) in [4.78, 5) is 28.2. The van der Waals surface area contributed by atoms with Crippen LogP contribution >= 0.6 is 0 Å². The molecule has 0 spiro atoms. The van der Waals surface area contributed by atoms with E-state index >= 15 is 0 Å². The molecule has 0 fully saturated rings. The highest BCUT2D eigenvalue weighted by Crippen LogP contribution is 2.28. The molecule has 150 valence electrons. The van der Waals surface area contributed by atoms with Gasteiger partial charge in [0.1, 0.15) is 5.52 Å². The SMILES string of the molecule is C=C(C(=O)OCCCC)c1ccc(-c2nc3c(CC(=O)OC)cccc3o2)cc1. The number of unbranched alkanes of at least 4 members (excludes halogenated alkanes) is 1. The van der Waals surface area contributed by atoms with Gasteiger partial charge in [0.05, 0.1) is 25.7 Å². The number of rotatable bonds is 8. The Morgan fingerprint density at radius 3 is 2.59 bits per heavy atom. The number of ether oxygens (including phenoxy) is 2. The normalized spacial score (nSPS) is 10.7. The number of carbonyl (C=O) groups is 2. The quantitative estimate of drug-likeness (QED) is 0.317. The smallest absolute Gasteiger partial charge is 0.338 e. The fraction of sp³-hybridized carbons (Fsp3) is 0.261. The first-order chi connectivity index (χ1) is 14.0. The van der Waals surface area contributed by atoms with Crippen molar-refractivity contribution in [2.75, 3.05) is 13.7 Å². The summed E-state index contributed by atoms with van der Waals surface area (Å²) in [7, 11) is 1.35. The number of methoxy groups -OCH3 is 1. The number of oxazole rings is 1. The molecule has 1 aromatic heterocycles. The van der Waals surface area contributed by atoms with E-state index in [4.69, 9.17) is 13.9 Å². The van der Waals surface area contributed by atoms with E-state index in [1.54, 1.807) is 18.2 Å². The molecule has 3 aromatic rings. The number of fused-ring (bicyclic) bond motifs is 1. The van der Waals surface area contributed by atoms with Crippen molar-refractivity contribution in [1.29, 1.82) is 0 Å². The van der Waals surface area contributed by atoms with Crippen LogP contribution in [0.2, 0.25) is 0 Å². The van der Waals surface area contributed by atoms with Crippen LogP contribution in [0.3, 0.4) is 0 Å². The Kier molecular flexibility index (Phi) is 6.44. The molecule has 0 amide bonds. The lowest BCUT2D eigenvalue weighted by molar-refractivity contribution is -0.140. The summed E-state index contributed by atoms with van der Waals surface area (Å²) in [5.74, 6) is -0.323. The second kappa shape index (κ2) is 9.19. The fourth-order valence-corrected chi connectivity index (χ4v) is 2.83. The number of benzene rings is 2. The van der Waals surface area contributed by atoms with E-state index in [2.05, 4.69) is 11.6 Å². The Labute approximate surface area is 169 Å². The van der Waals surface area contributed by atoms with Crippen LogP contribution in [0, 0.1) is 0 Å². The van der Waals surface area contributed by atoms with Gasteiger partial charge in [-0.25, -0.2) is 9.78 Å². The van der Waals surface area contributed by atoms with Crippen LogP contribution in [-0.4, -0.2) is 30.6 Å². The number of aromatic nitrogens is 1. The molecule has 0 bridgehead atoms. The highest BCUT2D eigenvalue weighted by Gasteiger charge is 2.15. The van der Waals surface area contributed by atoms with Gasteiger partial charge >= 0.3 is 11.9 Å². The lowest BCUT2D eigenvalue weighted by atomic mass is 10.1. The number of para-hydroxylation sites is 1. The second-order valence-corrected chi connectivity index (χ2v) is 6.58. The zero-order valence-corrected chi connectivity index (χ0v) is 16.6. The Morgan fingerprint density at radius 1 is 1.14 bits per heavy atom. The first kappa shape index (κ1) is 20.3. The van der Waals surface area contributed by atoms with Crippen molar-refractivity contribution in [3.05, 3.63) is 60.2 Å². The summed E-state index contributed by atoms with van der Waals surface area (Å²) in [6.45, 7) is 6.26. The van der Waals surface area contributed by atoms with E-state index < -0.39 is 5.97 Å². The summed E-state index contributed by atoms with van der Waals surface area (Å²) < 4.78 is 15.8. The van der Waals surface area contributed by atoms with Gasteiger partial charge in [-0.05, 0) is 35.7 Å². The molecule has 0 atom stereocenters. The topological polar surface area (TPSA) is 78.6 Å². The lowest BCUT2D eigenvalue weighted by Crippen LogP contribution is -2.07. The molecular formula is C23H23NO5. The van der Waals surface area contributed by atoms with Gasteiger partial charge in [-0.1, -0.05) is 44.2 Å². The zero-order chi connectivity index (χ0) is 20.8. The maximum Gasteiger partial charge on any atom is 0.338 e. The van der Waals surface area contributed by atoms with E-state index in [-0.39, 0.29) is 12.4 Å². The van der Waals surface area contributed by atoms with Crippen molar-refractivity contribution in [1.82, 2.24) is 4.98 Å². The highest BCUT2D eigenvalue weighted by atomic mass is 16.5. The van der Waals surface area contributed by atoms with Gasteiger partial charge in [0.25, 0.3) is 0 Å². The second-order valence-electron chi connectivity index (χ2n) is 6.58. The van der Waals surface area contributed by atoms with E-state index in [9.17, 15) is 9.59 Å². The maximum atomic E-state index is 12.1. The molecule has 6 heteroatoms. The average Bonchev–Trinajstić information content (AvgIpc) is 3.18. The zero-order valence-electron chi connectivity index (χ0n) is 16.6. The minimum absolute atomic E-state index is 0.124. The summed E-state index contributed by atoms with van der Waals surface area (Å²) in [6, 6.07) is 12.6. The van der Waals surface area contributed by atoms with Crippen molar-refractivity contribution in [2.24, 2.45) is 0 Å². The Morgan fingerprint density at radius 2 is 1.90 bits per heavy atom. The van der Waals surface area contributed by atoms with Gasteiger partial charge in [-0.2, -0.15) is 0 Å². The molecule has 3 rings (SSSR count). The number of esters is 2. The first-order valence-corrected chi connectivity index (χ1v) is 9.45. The third-order valence-corrected chi connectivity index (χ3v) is 4.52. The van der Waals surface area contributed by atoms with Gasteiger partial charge in [0, 0.05) is 5.56 Å². The minimum Gasteiger partial charge on any atom is -0.469 e. The molecule has 0 aliphatic rings. The molecule has 0 unspecified atom stereocenters. The highest BCUT2D eigenvalue weighted by molar-refractivity contribution is 6.15. The molecule has 0 saturated heterocycles. The van der Waals surface area contributed by atoms with Gasteiger partial charge in [-0.15, -0.1) is 0 Å². The third kappa shape index (κ3) is 4.71. The van der Waals surface area contributed by atoms with Crippen molar-refractivity contribution < 1.29 is 23.5 Å². The van der Waals surface area contributed by atoms with Crippen LogP contribution < -0.4 is 0 Å². The number of nitrogens with zero attached hydrogens (tertiary/aromatic N) is 1. The molecule has 0 radical (unpaired) electrons. The van der Waals surface area contributed by atoms with Crippen LogP contribution in [0.25, 0.3) is 28.1 Å². The first-order valence-electron chi connectivity index (χ1n) is 9.45. The molecular weight excluding hydrogens is 370 g/mol. The predicted octanol–water partition coefficient (Wildman–Crippen LogP) is 4.57. The monoisotopic (exact) mass is 393 g/mol. The number of carbonyl (C=O) groups excluding carboxylic acids is 2. The summed E-state index contributed by atoms with van der Waals surface area (Å²) in [6.07, 6.45) is 1.91. The molecule has 0 N–H and O–H groups in total. The molecule has 29 heavy (non-hydrogen) atoms. The van der Waals surface area contributed by atoms with Crippen LogP contribution in [0.5, 0.6) is 0 Å². The van der Waals surface area contributed by atoms with Gasteiger partial charge in [-0.3, -0.25) is 4.79 Å². The standard InChI is InChI=1S/C23H23NO5/c1-4-5-13-28-23(26)15(2)16-9-11-17(12-10-16)22-24-21-18(14-20(25)27-3)7-6-8-19(21)29-22/h6-12H,2,4-5,13-14H2,1,3H3. The predicted molar refractivity (Wildman–Crippen MR) is 110 cm³/mol. The van der Waals surface area contributed by atoms with Gasteiger partial charge in [0.15, 0.2) is 5.58 Å². The number of hydrogen-bond acceptors (Lipinski definition) is 6. The largest absolute Gasteiger partial charge is 0.469 e. The average molecular weight is 393 g/mol. The van der Waals surface area contributed by atoms with Crippen LogP contribution in [0.15, 0.2) is 53.5 Å². The van der Waals surface area contributed by atoms with Gasteiger partial charge < -0.3 is 13.9 Å². The fourth-order valence-electron chi connectivity index (χ4n) is 2.83. The molecule has 1 heterocycles. The molecule has 0 saturated carbocycles. The summed E-state index contributed by atoms with van der Waals surface area (Å²) in [5.41, 5.74) is 3.70. The van der Waals surface area contributed by atoms with E-state index in [0.717, 1.165) is 24.0 Å². The van der Waals surface area contributed by atoms with Crippen LogP contribution in [0.4, 0.5) is 0 Å².